The van der Waals surface area contributed by atoms with E-state index in [4.69, 9.17) is 27.5 Å². The Morgan fingerprint density at radius 2 is 1.48 bits per heavy atom. The van der Waals surface area contributed by atoms with Crippen LogP contribution >= 0.6 is 0 Å². The number of aliphatic hydroxyl groups is 1. The summed E-state index contributed by atoms with van der Waals surface area (Å²) in [6.45, 7) is 33.2. The first-order valence-electron chi connectivity index (χ1n) is 23.5. The molecule has 10 atom stereocenters. The number of allylic oxidation sites excluding steroid dienone is 2. The van der Waals surface area contributed by atoms with Gasteiger partial charge >= 0.3 is 5.97 Å². The second-order valence-corrected chi connectivity index (χ2v) is 32.4. The first-order valence-corrected chi connectivity index (χ1v) is 31.1. The molecule has 0 aromatic rings. The van der Waals surface area contributed by atoms with Crippen LogP contribution < -0.4 is 0 Å². The highest BCUT2D eigenvalue weighted by atomic mass is 28.4. The van der Waals surface area contributed by atoms with Crippen LogP contribution in [0.25, 0.3) is 0 Å². The standard InChI is InChI=1S/C47H90O8Si3/c1-17-40(54-57(21-5,22-6)23-7)38(13)45-41(51-45)35-46(14,55-58(24-8,25-9)26-10)32-27-28-36(11)44-37(12)29-30-42(48)47(15,50-16)33-31-39(34-43(49)52-44)53-56(18-2,19-3)20-4/h27-30,32,37-42,44-45,48H,17-26,31,33-35H2,1-16H3/b30-29+,32-27+,36-28+/t37-,38+,39+,40-,41-,42-,44+,45-,46-,47+/m0/s1. The topological polar surface area (TPSA) is 96.0 Å². The Morgan fingerprint density at radius 1 is 0.931 bits per heavy atom. The van der Waals surface area contributed by atoms with E-state index in [1.165, 1.54) is 0 Å². The number of carbonyl (C=O) groups is 1. The molecule has 0 radical (unpaired) electrons. The molecule has 0 aromatic carbocycles. The Kier molecular flexibility index (Phi) is 22.1. The van der Waals surface area contributed by atoms with Crippen molar-refractivity contribution in [3.05, 3.63) is 36.0 Å². The zero-order valence-electron chi connectivity index (χ0n) is 40.2. The van der Waals surface area contributed by atoms with Gasteiger partial charge in [-0.25, -0.2) is 0 Å². The van der Waals surface area contributed by atoms with Crippen LogP contribution in [-0.4, -0.2) is 91.0 Å². The summed E-state index contributed by atoms with van der Waals surface area (Å²) in [5.74, 6) is -0.131. The van der Waals surface area contributed by atoms with E-state index in [1.807, 2.05) is 32.9 Å². The fourth-order valence-corrected chi connectivity index (χ4v) is 18.3. The van der Waals surface area contributed by atoms with E-state index in [0.29, 0.717) is 18.8 Å². The first kappa shape index (κ1) is 53.2. The van der Waals surface area contributed by atoms with Crippen LogP contribution in [-0.2, 0) is 32.3 Å². The van der Waals surface area contributed by atoms with Crippen molar-refractivity contribution in [1.29, 1.82) is 0 Å². The lowest BCUT2D eigenvalue weighted by Gasteiger charge is -2.39. The number of cyclic esters (lactones) is 1. The number of hydrogen-bond acceptors (Lipinski definition) is 8. The lowest BCUT2D eigenvalue weighted by atomic mass is 9.88. The second-order valence-electron chi connectivity index (χ2n) is 18.3. The lowest BCUT2D eigenvalue weighted by molar-refractivity contribution is -0.151. The van der Waals surface area contributed by atoms with E-state index < -0.39 is 48.4 Å². The minimum atomic E-state index is -2.02. The van der Waals surface area contributed by atoms with Crippen molar-refractivity contribution in [2.45, 2.75) is 238 Å². The number of esters is 1. The number of rotatable bonds is 24. The average molecular weight is 867 g/mol. The van der Waals surface area contributed by atoms with E-state index in [-0.39, 0.29) is 42.7 Å². The third-order valence-corrected chi connectivity index (χ3v) is 29.0. The molecule has 338 valence electrons. The van der Waals surface area contributed by atoms with Gasteiger partial charge in [-0.05, 0) is 100 Å². The molecule has 0 spiro atoms. The Bertz CT molecular complexity index is 1290. The normalized spacial score (nSPS) is 29.6. The number of ether oxygens (including phenoxy) is 3. The number of epoxide rings is 1. The Labute approximate surface area is 360 Å². The molecule has 0 amide bonds. The van der Waals surface area contributed by atoms with Gasteiger partial charge in [0.05, 0.1) is 35.9 Å². The van der Waals surface area contributed by atoms with Crippen molar-refractivity contribution in [2.24, 2.45) is 11.8 Å². The SMILES string of the molecule is CC[C@H](O[Si](CC)(CC)CC)[C@@H](C)[C@@H]1O[C@H]1C[C@](C)(/C=C/C=C(\C)[C@H]1OC(=O)C[C@H](O[Si](CC)(CC)CC)CC[C@@](C)(OC)[C@@H](O)/C=C/[C@@H]1C)O[Si](CC)(CC)CC. The van der Waals surface area contributed by atoms with Crippen molar-refractivity contribution in [3.63, 3.8) is 0 Å². The van der Waals surface area contributed by atoms with E-state index in [2.05, 4.69) is 101 Å². The number of carbonyl (C=O) groups excluding carboxylic acids is 1. The largest absolute Gasteiger partial charge is 0.457 e. The van der Waals surface area contributed by atoms with Crippen LogP contribution in [0.15, 0.2) is 36.0 Å². The molecule has 0 aliphatic carbocycles. The predicted octanol–water partition coefficient (Wildman–Crippen LogP) is 12.3. The molecule has 1 N–H and O–H groups in total. The molecule has 0 saturated carbocycles. The summed E-state index contributed by atoms with van der Waals surface area (Å²) in [6.07, 6.45) is 12.1. The predicted molar refractivity (Wildman–Crippen MR) is 250 cm³/mol. The van der Waals surface area contributed by atoms with Crippen molar-refractivity contribution in [1.82, 2.24) is 0 Å². The van der Waals surface area contributed by atoms with Crippen molar-refractivity contribution < 1.29 is 37.4 Å². The molecule has 11 heteroatoms. The maximum atomic E-state index is 13.8. The van der Waals surface area contributed by atoms with Gasteiger partial charge in [-0.2, -0.15) is 0 Å². The van der Waals surface area contributed by atoms with E-state index in [9.17, 15) is 9.90 Å². The van der Waals surface area contributed by atoms with Gasteiger partial charge in [0.2, 0.25) is 0 Å². The van der Waals surface area contributed by atoms with Gasteiger partial charge in [-0.3, -0.25) is 4.79 Å². The van der Waals surface area contributed by atoms with Gasteiger partial charge in [0.25, 0.3) is 0 Å². The van der Waals surface area contributed by atoms with Crippen LogP contribution in [0.4, 0.5) is 0 Å². The quantitative estimate of drug-likeness (QED) is 0.0337. The van der Waals surface area contributed by atoms with Crippen molar-refractivity contribution >= 4 is 30.9 Å². The van der Waals surface area contributed by atoms with Gasteiger partial charge in [-0.1, -0.05) is 113 Å². The van der Waals surface area contributed by atoms with Gasteiger partial charge in [0, 0.05) is 31.5 Å². The molecule has 1 saturated heterocycles. The van der Waals surface area contributed by atoms with Crippen LogP contribution in [0, 0.1) is 11.8 Å². The molecule has 0 bridgehead atoms. The monoisotopic (exact) mass is 867 g/mol. The van der Waals surface area contributed by atoms with Gasteiger partial charge in [0.1, 0.15) is 12.2 Å². The summed E-state index contributed by atoms with van der Waals surface area (Å²) >= 11 is 0. The first-order chi connectivity index (χ1) is 27.3. The third kappa shape index (κ3) is 14.3. The molecule has 1 fully saturated rings. The van der Waals surface area contributed by atoms with Gasteiger partial charge < -0.3 is 32.6 Å². The van der Waals surface area contributed by atoms with E-state index >= 15 is 0 Å². The molecule has 2 rings (SSSR count). The van der Waals surface area contributed by atoms with E-state index in [0.717, 1.165) is 72.8 Å². The molecule has 58 heavy (non-hydrogen) atoms. The number of aliphatic hydroxyl groups excluding tert-OH is 1. The number of hydrogen-bond donors (Lipinski definition) is 1. The molecule has 2 heterocycles. The van der Waals surface area contributed by atoms with Crippen LogP contribution in [0.5, 0.6) is 0 Å². The summed E-state index contributed by atoms with van der Waals surface area (Å²) in [5.41, 5.74) is -0.403. The van der Waals surface area contributed by atoms with Gasteiger partial charge in [-0.15, -0.1) is 0 Å². The average Bonchev–Trinajstić information content (AvgIpc) is 4.00. The highest BCUT2D eigenvalue weighted by Crippen LogP contribution is 2.42. The van der Waals surface area contributed by atoms with Crippen LogP contribution in [0.1, 0.15) is 136 Å². The second kappa shape index (κ2) is 24.1. The molecular formula is C47H90O8Si3. The Balaban J connectivity index is 2.47. The summed E-state index contributed by atoms with van der Waals surface area (Å²) < 4.78 is 40.1. The van der Waals surface area contributed by atoms with Crippen molar-refractivity contribution in [2.75, 3.05) is 7.11 Å². The highest BCUT2D eigenvalue weighted by Gasteiger charge is 2.51. The highest BCUT2D eigenvalue weighted by molar-refractivity contribution is 6.74. The zero-order valence-corrected chi connectivity index (χ0v) is 43.2. The molecule has 2 aliphatic heterocycles. The number of methoxy groups -OCH3 is 1. The summed E-state index contributed by atoms with van der Waals surface area (Å²) in [5, 5.41) is 11.4. The zero-order chi connectivity index (χ0) is 44.0. The summed E-state index contributed by atoms with van der Waals surface area (Å²) in [7, 11) is -4.12. The Hall–Kier alpha value is -0.899. The van der Waals surface area contributed by atoms with E-state index in [1.54, 1.807) is 7.11 Å². The minimum Gasteiger partial charge on any atom is -0.457 e. The molecule has 8 nitrogen and oxygen atoms in total. The summed E-state index contributed by atoms with van der Waals surface area (Å²) in [4.78, 5) is 13.8. The minimum absolute atomic E-state index is 0.109. The van der Waals surface area contributed by atoms with Gasteiger partial charge in [0.15, 0.2) is 25.0 Å². The summed E-state index contributed by atoms with van der Waals surface area (Å²) in [6, 6.07) is 9.61. The maximum absolute atomic E-state index is 13.8. The fourth-order valence-electron chi connectivity index (χ4n) is 9.33. The van der Waals surface area contributed by atoms with Crippen LogP contribution in [0.3, 0.4) is 0 Å². The van der Waals surface area contributed by atoms with Crippen molar-refractivity contribution in [3.8, 4) is 0 Å². The maximum Gasteiger partial charge on any atom is 0.308 e. The fraction of sp³-hybridized carbons (Fsp3) is 0.851. The third-order valence-electron chi connectivity index (χ3n) is 14.8. The molecule has 0 aromatic heterocycles. The lowest BCUT2D eigenvalue weighted by Crippen LogP contribution is -2.46. The smallest absolute Gasteiger partial charge is 0.308 e. The molecule has 0 unspecified atom stereocenters. The van der Waals surface area contributed by atoms with Crippen LogP contribution in [0.2, 0.25) is 54.4 Å². The molecular weight excluding hydrogens is 777 g/mol. The molecule has 2 aliphatic rings. The Morgan fingerprint density at radius 3 is 1.98 bits per heavy atom.